The number of rotatable bonds is 5. The maximum atomic E-state index is 12.9. The summed E-state index contributed by atoms with van der Waals surface area (Å²) >= 11 is 1.42. The van der Waals surface area contributed by atoms with Crippen LogP contribution in [0, 0.1) is 6.92 Å². The molecule has 6 nitrogen and oxygen atoms in total. The summed E-state index contributed by atoms with van der Waals surface area (Å²) in [6.45, 7) is 1.97. The molecule has 0 spiro atoms. The number of carbonyl (C=O) groups is 1. The van der Waals surface area contributed by atoms with Crippen LogP contribution in [0.1, 0.15) is 16.1 Å². The summed E-state index contributed by atoms with van der Waals surface area (Å²) in [4.78, 5) is 18.3. The van der Waals surface area contributed by atoms with Gasteiger partial charge in [-0.25, -0.2) is 4.98 Å². The molecule has 2 heterocycles. The number of methoxy groups -OCH3 is 2. The van der Waals surface area contributed by atoms with Crippen molar-refractivity contribution in [2.75, 3.05) is 19.5 Å². The van der Waals surface area contributed by atoms with Gasteiger partial charge in [0.05, 0.1) is 25.6 Å². The fourth-order valence-electron chi connectivity index (χ4n) is 2.97. The first-order valence-corrected chi connectivity index (χ1v) is 9.54. The highest BCUT2D eigenvalue weighted by Crippen LogP contribution is 2.28. The van der Waals surface area contributed by atoms with E-state index >= 15 is 0 Å². The van der Waals surface area contributed by atoms with Crippen LogP contribution in [0.3, 0.4) is 0 Å². The van der Waals surface area contributed by atoms with Gasteiger partial charge in [0, 0.05) is 17.1 Å². The molecule has 2 aromatic heterocycles. The number of fused-ring (bicyclic) bond motifs is 1. The molecule has 0 saturated carbocycles. The molecule has 2 aromatic carbocycles. The largest absolute Gasteiger partial charge is 0.497 e. The van der Waals surface area contributed by atoms with Crippen molar-refractivity contribution in [1.82, 2.24) is 9.38 Å². The number of nitrogens with zero attached hydrogens (tertiary/aromatic N) is 2. The number of imidazole rings is 1. The molecule has 7 heteroatoms. The SMILES string of the molecule is COc1cccc(-c2cn3c(C(=O)Nc4cc(C)ccc4OC)csc3n2)c1. The number of thiazole rings is 1. The normalized spacial score (nSPS) is 10.8. The smallest absolute Gasteiger partial charge is 0.273 e. The monoisotopic (exact) mass is 393 g/mol. The molecule has 0 unspecified atom stereocenters. The van der Waals surface area contributed by atoms with Crippen LogP contribution in [0.15, 0.2) is 54.0 Å². The van der Waals surface area contributed by atoms with Crippen molar-refractivity contribution >= 4 is 27.9 Å². The van der Waals surface area contributed by atoms with E-state index in [1.54, 1.807) is 24.0 Å². The second-order valence-corrected chi connectivity index (χ2v) is 7.13. The summed E-state index contributed by atoms with van der Waals surface area (Å²) in [5, 5.41) is 4.74. The molecule has 0 atom stereocenters. The van der Waals surface area contributed by atoms with Crippen molar-refractivity contribution in [2.45, 2.75) is 6.92 Å². The van der Waals surface area contributed by atoms with E-state index < -0.39 is 0 Å². The Morgan fingerprint density at radius 1 is 1.14 bits per heavy atom. The van der Waals surface area contributed by atoms with Crippen LogP contribution in [-0.2, 0) is 0 Å². The molecule has 1 amide bonds. The fourth-order valence-corrected chi connectivity index (χ4v) is 3.83. The van der Waals surface area contributed by atoms with E-state index in [1.165, 1.54) is 11.3 Å². The second kappa shape index (κ2) is 7.36. The Morgan fingerprint density at radius 2 is 2.00 bits per heavy atom. The molecule has 0 bridgehead atoms. The Labute approximate surface area is 166 Å². The van der Waals surface area contributed by atoms with E-state index in [2.05, 4.69) is 10.3 Å². The minimum absolute atomic E-state index is 0.218. The van der Waals surface area contributed by atoms with Crippen LogP contribution in [0.5, 0.6) is 11.5 Å². The number of aryl methyl sites for hydroxylation is 1. The number of aromatic nitrogens is 2. The van der Waals surface area contributed by atoms with Crippen molar-refractivity contribution in [3.05, 3.63) is 65.3 Å². The van der Waals surface area contributed by atoms with Crippen molar-refractivity contribution in [3.8, 4) is 22.8 Å². The Bertz CT molecular complexity index is 1160. The lowest BCUT2D eigenvalue weighted by atomic mass is 10.1. The molecular weight excluding hydrogens is 374 g/mol. The molecule has 0 radical (unpaired) electrons. The van der Waals surface area contributed by atoms with Crippen LogP contribution in [0.4, 0.5) is 5.69 Å². The molecule has 0 fully saturated rings. The zero-order valence-electron chi connectivity index (χ0n) is 15.7. The lowest BCUT2D eigenvalue weighted by Crippen LogP contribution is -2.14. The van der Waals surface area contributed by atoms with E-state index in [1.807, 2.05) is 55.6 Å². The van der Waals surface area contributed by atoms with Crippen LogP contribution in [0.25, 0.3) is 16.2 Å². The van der Waals surface area contributed by atoms with Crippen LogP contribution >= 0.6 is 11.3 Å². The van der Waals surface area contributed by atoms with Gasteiger partial charge >= 0.3 is 0 Å². The van der Waals surface area contributed by atoms with Crippen LogP contribution in [0.2, 0.25) is 0 Å². The Balaban J connectivity index is 1.67. The highest BCUT2D eigenvalue weighted by atomic mass is 32.1. The quantitative estimate of drug-likeness (QED) is 0.536. The van der Waals surface area contributed by atoms with E-state index in [0.717, 1.165) is 27.5 Å². The van der Waals surface area contributed by atoms with Crippen LogP contribution < -0.4 is 14.8 Å². The molecule has 0 saturated heterocycles. The number of nitrogens with one attached hydrogen (secondary N) is 1. The number of carbonyl (C=O) groups excluding carboxylic acids is 1. The zero-order valence-corrected chi connectivity index (χ0v) is 16.5. The number of anilines is 1. The number of amides is 1. The third-order valence-corrected chi connectivity index (χ3v) is 5.25. The van der Waals surface area contributed by atoms with E-state index in [9.17, 15) is 4.79 Å². The predicted octanol–water partition coefficient (Wildman–Crippen LogP) is 4.64. The Kier molecular flexibility index (Phi) is 4.75. The van der Waals surface area contributed by atoms with Gasteiger partial charge in [0.1, 0.15) is 17.2 Å². The van der Waals surface area contributed by atoms with Gasteiger partial charge in [-0.05, 0) is 36.8 Å². The maximum absolute atomic E-state index is 12.9. The lowest BCUT2D eigenvalue weighted by molar-refractivity contribution is 0.102. The van der Waals surface area contributed by atoms with E-state index in [-0.39, 0.29) is 5.91 Å². The topological polar surface area (TPSA) is 64.9 Å². The summed E-state index contributed by atoms with van der Waals surface area (Å²) in [7, 11) is 3.21. The second-order valence-electron chi connectivity index (χ2n) is 6.29. The summed E-state index contributed by atoms with van der Waals surface area (Å²) in [6.07, 6.45) is 1.86. The average molecular weight is 393 g/mol. The van der Waals surface area contributed by atoms with Crippen molar-refractivity contribution in [3.63, 3.8) is 0 Å². The van der Waals surface area contributed by atoms with Gasteiger partial charge in [-0.15, -0.1) is 11.3 Å². The Morgan fingerprint density at radius 3 is 2.79 bits per heavy atom. The minimum atomic E-state index is -0.218. The first kappa shape index (κ1) is 18.1. The standard InChI is InChI=1S/C21H19N3O3S/c1-13-7-8-19(27-3)16(9-13)22-20(25)18-12-28-21-23-17(11-24(18)21)14-5-4-6-15(10-14)26-2/h4-12H,1-3H3,(H,22,25). The highest BCUT2D eigenvalue weighted by molar-refractivity contribution is 7.15. The molecule has 28 heavy (non-hydrogen) atoms. The lowest BCUT2D eigenvalue weighted by Gasteiger charge is -2.10. The molecule has 0 aliphatic rings. The molecular formula is C21H19N3O3S. The molecule has 4 rings (SSSR count). The maximum Gasteiger partial charge on any atom is 0.273 e. The summed E-state index contributed by atoms with van der Waals surface area (Å²) in [6, 6.07) is 13.3. The van der Waals surface area contributed by atoms with E-state index in [0.29, 0.717) is 17.1 Å². The molecule has 0 aliphatic heterocycles. The van der Waals surface area contributed by atoms with Gasteiger partial charge in [-0.3, -0.25) is 9.20 Å². The summed E-state index contributed by atoms with van der Waals surface area (Å²) < 4.78 is 12.4. The van der Waals surface area contributed by atoms with Gasteiger partial charge in [0.2, 0.25) is 0 Å². The number of hydrogen-bond acceptors (Lipinski definition) is 5. The minimum Gasteiger partial charge on any atom is -0.497 e. The third-order valence-electron chi connectivity index (χ3n) is 4.41. The first-order valence-electron chi connectivity index (χ1n) is 8.66. The first-order chi connectivity index (χ1) is 13.6. The van der Waals surface area contributed by atoms with Gasteiger partial charge in [0.15, 0.2) is 4.96 Å². The van der Waals surface area contributed by atoms with Gasteiger partial charge in [-0.1, -0.05) is 18.2 Å². The van der Waals surface area contributed by atoms with Crippen LogP contribution in [-0.4, -0.2) is 29.5 Å². The van der Waals surface area contributed by atoms with Crippen molar-refractivity contribution in [2.24, 2.45) is 0 Å². The number of hydrogen-bond donors (Lipinski definition) is 1. The van der Waals surface area contributed by atoms with Gasteiger partial charge in [0.25, 0.3) is 5.91 Å². The summed E-state index contributed by atoms with van der Waals surface area (Å²) in [5.41, 5.74) is 3.91. The average Bonchev–Trinajstić information content (AvgIpc) is 3.29. The van der Waals surface area contributed by atoms with Gasteiger partial charge in [-0.2, -0.15) is 0 Å². The van der Waals surface area contributed by atoms with Crippen molar-refractivity contribution < 1.29 is 14.3 Å². The third kappa shape index (κ3) is 3.32. The number of benzene rings is 2. The molecule has 0 aliphatic carbocycles. The molecule has 4 aromatic rings. The molecule has 142 valence electrons. The predicted molar refractivity (Wildman–Crippen MR) is 111 cm³/mol. The number of ether oxygens (including phenoxy) is 2. The summed E-state index contributed by atoms with van der Waals surface area (Å²) in [5.74, 6) is 1.16. The van der Waals surface area contributed by atoms with E-state index in [4.69, 9.17) is 9.47 Å². The molecule has 1 N–H and O–H groups in total. The van der Waals surface area contributed by atoms with Gasteiger partial charge < -0.3 is 14.8 Å². The fraction of sp³-hybridized carbons (Fsp3) is 0.143. The van der Waals surface area contributed by atoms with Crippen molar-refractivity contribution in [1.29, 1.82) is 0 Å². The highest BCUT2D eigenvalue weighted by Gasteiger charge is 2.17. The zero-order chi connectivity index (χ0) is 19.7. The Hall–Kier alpha value is -3.32.